The SMILES string of the molecule is [2H]c1c([2H])c([2H])c2c(-c3nc(-c4ccc(-c5cccc(-c6cccc(-c7ccc([Si](C)(C)C)cc7)c6)c5)cc4)nc(-c4cccc5ccccc45)n3)c([2H])c([2H])c([2H])c2c1[2H]. The van der Waals surface area contributed by atoms with Gasteiger partial charge in [0.05, 0.1) is 17.7 Å². The van der Waals surface area contributed by atoms with Gasteiger partial charge in [0.25, 0.3) is 0 Å². The number of nitrogens with zero attached hydrogens (tertiary/aromatic N) is 3. The Morgan fingerprint density at radius 1 is 0.389 bits per heavy atom. The molecule has 0 aliphatic carbocycles. The minimum Gasteiger partial charge on any atom is -0.208 e. The van der Waals surface area contributed by atoms with E-state index in [1.165, 1.54) is 10.8 Å². The van der Waals surface area contributed by atoms with E-state index in [2.05, 4.69) is 92.4 Å². The van der Waals surface area contributed by atoms with Gasteiger partial charge in [0.2, 0.25) is 0 Å². The van der Waals surface area contributed by atoms with Crippen molar-refractivity contribution < 1.29 is 9.60 Å². The van der Waals surface area contributed by atoms with Gasteiger partial charge in [-0.25, -0.2) is 15.0 Å². The monoisotopic (exact) mass is 716 g/mol. The van der Waals surface area contributed by atoms with Gasteiger partial charge in [-0.3, -0.25) is 0 Å². The van der Waals surface area contributed by atoms with Gasteiger partial charge in [-0.1, -0.05) is 195 Å². The first-order chi connectivity index (χ1) is 29.3. The van der Waals surface area contributed by atoms with Crippen LogP contribution in [-0.2, 0) is 0 Å². The molecule has 0 bridgehead atoms. The van der Waals surface area contributed by atoms with Crippen molar-refractivity contribution in [3.63, 3.8) is 0 Å². The maximum Gasteiger partial charge on any atom is 0.164 e. The third-order valence-electron chi connectivity index (χ3n) is 9.82. The summed E-state index contributed by atoms with van der Waals surface area (Å²) in [5, 5.41) is 3.03. The number of aromatic nitrogens is 3. The van der Waals surface area contributed by atoms with Crippen LogP contribution in [0.2, 0.25) is 19.6 Å². The molecule has 0 amide bonds. The lowest BCUT2D eigenvalue weighted by Crippen LogP contribution is -2.37. The van der Waals surface area contributed by atoms with Crippen LogP contribution >= 0.6 is 0 Å². The highest BCUT2D eigenvalue weighted by molar-refractivity contribution is 6.88. The van der Waals surface area contributed by atoms with Crippen LogP contribution in [0.1, 0.15) is 9.60 Å². The van der Waals surface area contributed by atoms with Crippen LogP contribution in [0.25, 0.3) is 89.1 Å². The second-order valence-electron chi connectivity index (χ2n) is 14.4. The first-order valence-electron chi connectivity index (χ1n) is 21.4. The average molecular weight is 717 g/mol. The Labute approximate surface area is 327 Å². The van der Waals surface area contributed by atoms with E-state index in [0.717, 1.165) is 38.6 Å². The second-order valence-corrected chi connectivity index (χ2v) is 19.5. The highest BCUT2D eigenvalue weighted by atomic mass is 28.3. The third-order valence-corrected chi connectivity index (χ3v) is 11.9. The topological polar surface area (TPSA) is 38.7 Å². The van der Waals surface area contributed by atoms with E-state index in [1.54, 1.807) is 0 Å². The first-order valence-corrected chi connectivity index (χ1v) is 21.4. The molecular weight excluding hydrogens is 671 g/mol. The van der Waals surface area contributed by atoms with Gasteiger partial charge < -0.3 is 0 Å². The summed E-state index contributed by atoms with van der Waals surface area (Å²) in [7, 11) is -1.40. The number of rotatable bonds is 7. The van der Waals surface area contributed by atoms with Crippen LogP contribution in [0, 0.1) is 0 Å². The summed E-state index contributed by atoms with van der Waals surface area (Å²) in [4.78, 5) is 14.7. The van der Waals surface area contributed by atoms with Crippen LogP contribution in [0.3, 0.4) is 0 Å². The lowest BCUT2D eigenvalue weighted by atomic mass is 9.96. The van der Waals surface area contributed by atoms with Crippen molar-refractivity contribution >= 4 is 34.8 Å². The molecule has 0 spiro atoms. The van der Waals surface area contributed by atoms with Crippen LogP contribution in [0.5, 0.6) is 0 Å². The molecule has 4 heteroatoms. The molecule has 0 aliphatic rings. The van der Waals surface area contributed by atoms with Crippen molar-refractivity contribution in [2.24, 2.45) is 0 Å². The van der Waals surface area contributed by atoms with Gasteiger partial charge in [0, 0.05) is 16.7 Å². The molecule has 0 radical (unpaired) electrons. The minimum absolute atomic E-state index is 0.0347. The summed E-state index contributed by atoms with van der Waals surface area (Å²) in [6, 6.07) is 44.2. The van der Waals surface area contributed by atoms with Gasteiger partial charge in [0.15, 0.2) is 17.5 Å². The van der Waals surface area contributed by atoms with Crippen molar-refractivity contribution in [3.05, 3.63) is 182 Å². The van der Waals surface area contributed by atoms with Crippen molar-refractivity contribution in [3.8, 4) is 67.5 Å². The molecule has 9 aromatic rings. The van der Waals surface area contributed by atoms with Crippen molar-refractivity contribution in [1.29, 1.82) is 0 Å². The lowest BCUT2D eigenvalue weighted by Gasteiger charge is -2.17. The number of hydrogen-bond donors (Lipinski definition) is 0. The molecule has 8 aromatic carbocycles. The van der Waals surface area contributed by atoms with E-state index in [9.17, 15) is 0 Å². The number of fused-ring (bicyclic) bond motifs is 2. The minimum atomic E-state index is -1.40. The molecule has 0 unspecified atom stereocenters. The molecule has 258 valence electrons. The van der Waals surface area contributed by atoms with Crippen LogP contribution in [0.4, 0.5) is 0 Å². The lowest BCUT2D eigenvalue weighted by molar-refractivity contribution is 1.08. The van der Waals surface area contributed by atoms with Crippen molar-refractivity contribution in [1.82, 2.24) is 15.0 Å². The molecule has 0 atom stereocenters. The fraction of sp³-hybridized carbons (Fsp3) is 0.0600. The van der Waals surface area contributed by atoms with Gasteiger partial charge in [0.1, 0.15) is 0 Å². The smallest absolute Gasteiger partial charge is 0.164 e. The number of benzene rings is 8. The van der Waals surface area contributed by atoms with Gasteiger partial charge in [-0.2, -0.15) is 0 Å². The van der Waals surface area contributed by atoms with Gasteiger partial charge in [-0.15, -0.1) is 0 Å². The van der Waals surface area contributed by atoms with E-state index in [4.69, 9.17) is 24.5 Å². The molecule has 9 rings (SSSR count). The maximum atomic E-state index is 9.06. The molecule has 1 aromatic heterocycles. The van der Waals surface area contributed by atoms with Crippen LogP contribution in [-0.4, -0.2) is 23.0 Å². The largest absolute Gasteiger partial charge is 0.208 e. The Morgan fingerprint density at radius 2 is 0.907 bits per heavy atom. The molecule has 0 fully saturated rings. The molecule has 0 aliphatic heterocycles. The summed E-state index contributed by atoms with van der Waals surface area (Å²) >= 11 is 0. The summed E-state index contributed by atoms with van der Waals surface area (Å²) < 4.78 is 60.7. The molecule has 1 heterocycles. The Kier molecular flexibility index (Phi) is 6.73. The van der Waals surface area contributed by atoms with Crippen molar-refractivity contribution in [2.75, 3.05) is 0 Å². The second kappa shape index (κ2) is 13.8. The fourth-order valence-corrected chi connectivity index (χ4v) is 8.04. The standard InChI is InChI=1S/C50H39N3Si/c1-54(2,3)43-30-28-35(29-31-43)40-17-9-19-42(33-40)41-18-8-16-39(32-41)34-24-26-38(27-25-34)48-51-49(46-22-10-14-36-12-4-6-20-44(36)46)53-50(52-48)47-23-11-15-37-13-5-7-21-45(37)47/h4-33H,1-3H3/i4D,6D,10D,12D,14D,20D,22D. The molecule has 0 saturated carbocycles. The predicted molar refractivity (Wildman–Crippen MR) is 230 cm³/mol. The van der Waals surface area contributed by atoms with Crippen LogP contribution < -0.4 is 5.19 Å². The Bertz CT molecular complexity index is 3190. The van der Waals surface area contributed by atoms with E-state index in [0.29, 0.717) is 11.1 Å². The Balaban J connectivity index is 1.15. The molecule has 54 heavy (non-hydrogen) atoms. The average Bonchev–Trinajstić information content (AvgIpc) is 3.29. The van der Waals surface area contributed by atoms with E-state index in [-0.39, 0.29) is 33.8 Å². The maximum absolute atomic E-state index is 9.06. The quantitative estimate of drug-likeness (QED) is 0.154. The molecule has 0 saturated heterocycles. The fourth-order valence-electron chi connectivity index (χ4n) is 6.87. The normalized spacial score (nSPS) is 13.4. The zero-order valence-electron chi connectivity index (χ0n) is 37.1. The van der Waals surface area contributed by atoms with E-state index >= 15 is 0 Å². The molecule has 0 N–H and O–H groups in total. The highest BCUT2D eigenvalue weighted by Gasteiger charge is 2.17. The predicted octanol–water partition coefficient (Wildman–Crippen LogP) is 12.7. The molecule has 3 nitrogen and oxygen atoms in total. The summed E-state index contributed by atoms with van der Waals surface area (Å²) in [6.45, 7) is 7.07. The van der Waals surface area contributed by atoms with Gasteiger partial charge in [-0.05, 0) is 67.1 Å². The number of hydrogen-bond acceptors (Lipinski definition) is 3. The van der Waals surface area contributed by atoms with E-state index in [1.807, 2.05) is 66.7 Å². The summed E-state index contributed by atoms with van der Waals surface area (Å²) in [5.41, 5.74) is 7.85. The zero-order chi connectivity index (χ0) is 42.7. The summed E-state index contributed by atoms with van der Waals surface area (Å²) in [5.74, 6) is 0.530. The Morgan fingerprint density at radius 3 is 1.59 bits per heavy atom. The Hall–Kier alpha value is -6.49. The molecular formula is C50H39N3Si. The zero-order valence-corrected chi connectivity index (χ0v) is 31.1. The third kappa shape index (κ3) is 6.53. The van der Waals surface area contributed by atoms with E-state index < -0.39 is 50.4 Å². The van der Waals surface area contributed by atoms with Crippen molar-refractivity contribution in [2.45, 2.75) is 19.6 Å². The summed E-state index contributed by atoms with van der Waals surface area (Å²) in [6.07, 6.45) is 0. The van der Waals surface area contributed by atoms with Crippen LogP contribution in [0.15, 0.2) is 182 Å². The van der Waals surface area contributed by atoms with Gasteiger partial charge >= 0.3 is 0 Å². The first kappa shape index (κ1) is 26.3. The highest BCUT2D eigenvalue weighted by Crippen LogP contribution is 2.34.